The molecule has 0 bridgehead atoms. The summed E-state index contributed by atoms with van der Waals surface area (Å²) in [5.74, 6) is 0.143. The van der Waals surface area contributed by atoms with Crippen LogP contribution in [0.15, 0.2) is 66.2 Å². The number of rotatable bonds is 12. The van der Waals surface area contributed by atoms with Crippen LogP contribution in [0.1, 0.15) is 30.0 Å². The fourth-order valence-corrected chi connectivity index (χ4v) is 4.10. The molecule has 1 heterocycles. The number of hydrogen-bond donors (Lipinski definition) is 1. The SMILES string of the molecule is CCCOc1ccc(CN2C(=O)NC(=O)/C(=C\c3ccc(OCc4ccc([N+](=O)[O-])cc4)c(OC)c3)C2=O)cc1OC. The van der Waals surface area contributed by atoms with Gasteiger partial charge in [-0.05, 0) is 65.6 Å². The number of urea groups is 1. The first kappa shape index (κ1) is 29.6. The molecule has 0 atom stereocenters. The van der Waals surface area contributed by atoms with Crippen LogP contribution in [0, 0.1) is 10.1 Å². The highest BCUT2D eigenvalue weighted by atomic mass is 16.6. The molecule has 218 valence electrons. The van der Waals surface area contributed by atoms with Crippen LogP contribution in [0.3, 0.4) is 0 Å². The standard InChI is InChI=1S/C30H29N3O9/c1-4-13-41-24-12-8-21(16-27(24)40-3)17-32-29(35)23(28(34)31-30(32)36)14-20-7-11-25(26(15-20)39-2)42-18-19-5-9-22(10-6-19)33(37)38/h5-12,14-16H,4,13,17-18H2,1-3H3,(H,31,34,36)/b23-14+. The van der Waals surface area contributed by atoms with Gasteiger partial charge in [0.25, 0.3) is 17.5 Å². The third kappa shape index (κ3) is 6.84. The molecule has 0 spiro atoms. The van der Waals surface area contributed by atoms with Crippen molar-refractivity contribution < 1.29 is 38.3 Å². The first-order valence-electron chi connectivity index (χ1n) is 13.0. The smallest absolute Gasteiger partial charge is 0.331 e. The van der Waals surface area contributed by atoms with Crippen LogP contribution in [0.2, 0.25) is 0 Å². The number of carbonyl (C=O) groups is 3. The van der Waals surface area contributed by atoms with Gasteiger partial charge in [0.15, 0.2) is 23.0 Å². The highest BCUT2D eigenvalue weighted by Crippen LogP contribution is 2.31. The maximum atomic E-state index is 13.3. The van der Waals surface area contributed by atoms with Crippen LogP contribution in [0.4, 0.5) is 10.5 Å². The first-order chi connectivity index (χ1) is 20.2. The van der Waals surface area contributed by atoms with Crippen LogP contribution in [0.5, 0.6) is 23.0 Å². The summed E-state index contributed by atoms with van der Waals surface area (Å²) in [6, 6.07) is 15.0. The fourth-order valence-electron chi connectivity index (χ4n) is 4.10. The van der Waals surface area contributed by atoms with Crippen molar-refractivity contribution in [3.63, 3.8) is 0 Å². The Morgan fingerprint density at radius 1 is 0.857 bits per heavy atom. The molecule has 1 saturated heterocycles. The van der Waals surface area contributed by atoms with Gasteiger partial charge in [-0.1, -0.05) is 19.1 Å². The lowest BCUT2D eigenvalue weighted by Gasteiger charge is -2.26. The van der Waals surface area contributed by atoms with Crippen LogP contribution < -0.4 is 24.3 Å². The third-order valence-corrected chi connectivity index (χ3v) is 6.26. The molecule has 3 aromatic carbocycles. The number of benzene rings is 3. The van der Waals surface area contributed by atoms with Crippen molar-refractivity contribution in [2.45, 2.75) is 26.5 Å². The monoisotopic (exact) mass is 575 g/mol. The minimum atomic E-state index is -0.833. The molecule has 42 heavy (non-hydrogen) atoms. The highest BCUT2D eigenvalue weighted by Gasteiger charge is 2.36. The molecule has 4 amide bonds. The van der Waals surface area contributed by atoms with E-state index in [0.717, 1.165) is 11.3 Å². The lowest BCUT2D eigenvalue weighted by molar-refractivity contribution is -0.384. The Morgan fingerprint density at radius 3 is 2.17 bits per heavy atom. The van der Waals surface area contributed by atoms with E-state index in [1.807, 2.05) is 6.92 Å². The highest BCUT2D eigenvalue weighted by molar-refractivity contribution is 6.31. The molecular weight excluding hydrogens is 546 g/mol. The van der Waals surface area contributed by atoms with Gasteiger partial charge in [-0.3, -0.25) is 29.9 Å². The second-order valence-corrected chi connectivity index (χ2v) is 9.16. The predicted octanol–water partition coefficient (Wildman–Crippen LogP) is 4.64. The zero-order valence-corrected chi connectivity index (χ0v) is 23.2. The summed E-state index contributed by atoms with van der Waals surface area (Å²) < 4.78 is 22.3. The second kappa shape index (κ2) is 13.3. The number of nitro benzene ring substituents is 1. The number of hydrogen-bond acceptors (Lipinski definition) is 9. The largest absolute Gasteiger partial charge is 0.493 e. The fraction of sp³-hybridized carbons (Fsp3) is 0.233. The Bertz CT molecular complexity index is 1530. The maximum Gasteiger partial charge on any atom is 0.331 e. The number of ether oxygens (including phenoxy) is 4. The van der Waals surface area contributed by atoms with E-state index in [-0.39, 0.29) is 24.4 Å². The van der Waals surface area contributed by atoms with Gasteiger partial charge in [0.1, 0.15) is 12.2 Å². The van der Waals surface area contributed by atoms with Gasteiger partial charge in [-0.15, -0.1) is 0 Å². The van der Waals surface area contributed by atoms with E-state index in [9.17, 15) is 24.5 Å². The number of nitrogens with one attached hydrogen (secondary N) is 1. The topological polar surface area (TPSA) is 147 Å². The van der Waals surface area contributed by atoms with Gasteiger partial charge >= 0.3 is 6.03 Å². The Kier molecular flexibility index (Phi) is 9.38. The number of nitro groups is 1. The molecule has 0 unspecified atom stereocenters. The van der Waals surface area contributed by atoms with Gasteiger partial charge in [-0.25, -0.2) is 4.79 Å². The summed E-state index contributed by atoms with van der Waals surface area (Å²) in [6.45, 7) is 2.52. The zero-order chi connectivity index (χ0) is 30.2. The van der Waals surface area contributed by atoms with Crippen molar-refractivity contribution in [3.8, 4) is 23.0 Å². The van der Waals surface area contributed by atoms with Crippen LogP contribution >= 0.6 is 0 Å². The number of imide groups is 2. The molecule has 1 aliphatic rings. The average molecular weight is 576 g/mol. The lowest BCUT2D eigenvalue weighted by atomic mass is 10.1. The van der Waals surface area contributed by atoms with E-state index < -0.39 is 22.8 Å². The molecule has 0 aromatic heterocycles. The first-order valence-corrected chi connectivity index (χ1v) is 13.0. The van der Waals surface area contributed by atoms with Gasteiger partial charge in [0.05, 0.1) is 32.3 Å². The summed E-state index contributed by atoms with van der Waals surface area (Å²) in [5.41, 5.74) is 1.52. The molecule has 12 heteroatoms. The number of methoxy groups -OCH3 is 2. The molecule has 4 rings (SSSR count). The van der Waals surface area contributed by atoms with Gasteiger partial charge < -0.3 is 18.9 Å². The van der Waals surface area contributed by atoms with E-state index in [4.69, 9.17) is 18.9 Å². The summed E-state index contributed by atoms with van der Waals surface area (Å²) >= 11 is 0. The van der Waals surface area contributed by atoms with Crippen LogP contribution in [0.25, 0.3) is 6.08 Å². The minimum Gasteiger partial charge on any atom is -0.493 e. The van der Waals surface area contributed by atoms with E-state index >= 15 is 0 Å². The molecule has 1 aliphatic heterocycles. The van der Waals surface area contributed by atoms with Gasteiger partial charge in [-0.2, -0.15) is 0 Å². The molecule has 1 fully saturated rings. The molecule has 0 saturated carbocycles. The number of barbiturate groups is 1. The third-order valence-electron chi connectivity index (χ3n) is 6.26. The van der Waals surface area contributed by atoms with Crippen LogP contribution in [-0.2, 0) is 22.7 Å². The lowest BCUT2D eigenvalue weighted by Crippen LogP contribution is -2.53. The van der Waals surface area contributed by atoms with Crippen molar-refractivity contribution in [3.05, 3.63) is 93.0 Å². The molecule has 0 aliphatic carbocycles. The van der Waals surface area contributed by atoms with Crippen LogP contribution in [-0.4, -0.2) is 48.5 Å². The molecular formula is C30H29N3O9. The summed E-state index contributed by atoms with van der Waals surface area (Å²) in [7, 11) is 2.94. The van der Waals surface area contributed by atoms with Crippen molar-refractivity contribution in [2.75, 3.05) is 20.8 Å². The van der Waals surface area contributed by atoms with Crippen molar-refractivity contribution in [2.24, 2.45) is 0 Å². The summed E-state index contributed by atoms with van der Waals surface area (Å²) in [4.78, 5) is 49.8. The zero-order valence-electron chi connectivity index (χ0n) is 23.2. The average Bonchev–Trinajstić information content (AvgIpc) is 2.99. The molecule has 1 N–H and O–H groups in total. The minimum absolute atomic E-state index is 0.0232. The van der Waals surface area contributed by atoms with Gasteiger partial charge in [0.2, 0.25) is 0 Å². The summed E-state index contributed by atoms with van der Waals surface area (Å²) in [6.07, 6.45) is 2.18. The van der Waals surface area contributed by atoms with Crippen molar-refractivity contribution in [1.82, 2.24) is 10.2 Å². The van der Waals surface area contributed by atoms with E-state index in [0.29, 0.717) is 46.3 Å². The number of non-ortho nitro benzene ring substituents is 1. The molecule has 0 radical (unpaired) electrons. The Labute approximate surface area is 241 Å². The number of carbonyl (C=O) groups excluding carboxylic acids is 3. The van der Waals surface area contributed by atoms with Gasteiger partial charge in [0, 0.05) is 12.1 Å². The van der Waals surface area contributed by atoms with Crippen molar-refractivity contribution in [1.29, 1.82) is 0 Å². The van der Waals surface area contributed by atoms with E-state index in [1.54, 1.807) is 48.5 Å². The molecule has 12 nitrogen and oxygen atoms in total. The van der Waals surface area contributed by atoms with Crippen molar-refractivity contribution >= 4 is 29.6 Å². The number of amides is 4. The molecule has 3 aromatic rings. The van der Waals surface area contributed by atoms with E-state index in [2.05, 4.69) is 5.32 Å². The maximum absolute atomic E-state index is 13.3. The summed E-state index contributed by atoms with van der Waals surface area (Å²) in [5, 5.41) is 13.1. The Balaban J connectivity index is 1.51. The number of nitrogens with zero attached hydrogens (tertiary/aromatic N) is 2. The van der Waals surface area contributed by atoms with E-state index in [1.165, 1.54) is 32.4 Å². The quantitative estimate of drug-likeness (QED) is 0.141. The predicted molar refractivity (Wildman–Crippen MR) is 151 cm³/mol. The Hall–Kier alpha value is -5.39. The second-order valence-electron chi connectivity index (χ2n) is 9.16. The normalized spacial score (nSPS) is 14.0. The Morgan fingerprint density at radius 2 is 1.50 bits per heavy atom.